The molecule has 0 aromatic heterocycles. The van der Waals surface area contributed by atoms with Gasteiger partial charge in [0.25, 0.3) is 0 Å². The number of ether oxygens (including phenoxy) is 2. The van der Waals surface area contributed by atoms with Gasteiger partial charge in [-0.15, -0.1) is 0 Å². The number of methoxy groups -OCH3 is 1. The Bertz CT molecular complexity index is 362. The molecular weight excluding hydrogens is 270 g/mol. The van der Waals surface area contributed by atoms with Gasteiger partial charge in [0.15, 0.2) is 0 Å². The van der Waals surface area contributed by atoms with E-state index in [1.165, 1.54) is 7.11 Å². The topological polar surface area (TPSA) is 55.8 Å². The molecule has 2 atom stereocenters. The first kappa shape index (κ1) is 17.8. The number of hydrogen-bond donors (Lipinski definition) is 0. The van der Waals surface area contributed by atoms with E-state index in [4.69, 9.17) is 9.47 Å². The summed E-state index contributed by atoms with van der Waals surface area (Å²) in [5, 5.41) is 0. The fraction of sp³-hybridized carbons (Fsp3) is 0.875. The van der Waals surface area contributed by atoms with Crippen LogP contribution in [0.1, 0.15) is 66.2 Å². The standard InChI is InChI=1S/C16H29NO4/c1-6-9-12-10-7-8-11-13(14(18)20-5)17(12)15(19)21-16(2,3)4/h12-13H,6-11H2,1-5H3/t12-,13-/m1/s1. The van der Waals surface area contributed by atoms with Crippen LogP contribution in [-0.2, 0) is 14.3 Å². The molecule has 0 aliphatic carbocycles. The van der Waals surface area contributed by atoms with Gasteiger partial charge in [0.1, 0.15) is 11.6 Å². The third-order valence-corrected chi connectivity index (χ3v) is 3.69. The van der Waals surface area contributed by atoms with Crippen LogP contribution < -0.4 is 0 Å². The van der Waals surface area contributed by atoms with Crippen molar-refractivity contribution in [1.82, 2.24) is 4.90 Å². The lowest BCUT2D eigenvalue weighted by molar-refractivity contribution is -0.147. The minimum atomic E-state index is -0.569. The highest BCUT2D eigenvalue weighted by atomic mass is 16.6. The first-order valence-electron chi connectivity index (χ1n) is 7.89. The van der Waals surface area contributed by atoms with Crippen molar-refractivity contribution in [2.24, 2.45) is 0 Å². The van der Waals surface area contributed by atoms with Crippen LogP contribution in [0.2, 0.25) is 0 Å². The Balaban J connectivity index is 3.02. The molecule has 21 heavy (non-hydrogen) atoms. The van der Waals surface area contributed by atoms with Crippen molar-refractivity contribution in [3.8, 4) is 0 Å². The lowest BCUT2D eigenvalue weighted by Crippen LogP contribution is -2.51. The smallest absolute Gasteiger partial charge is 0.411 e. The predicted octanol–water partition coefficient (Wildman–Crippen LogP) is 3.51. The van der Waals surface area contributed by atoms with Crippen LogP contribution >= 0.6 is 0 Å². The molecule has 5 nitrogen and oxygen atoms in total. The van der Waals surface area contributed by atoms with Crippen molar-refractivity contribution < 1.29 is 19.1 Å². The molecule has 0 unspecified atom stereocenters. The molecule has 1 fully saturated rings. The normalized spacial score (nSPS) is 23.4. The highest BCUT2D eigenvalue weighted by Crippen LogP contribution is 2.27. The summed E-state index contributed by atoms with van der Waals surface area (Å²) in [5.74, 6) is -0.344. The lowest BCUT2D eigenvalue weighted by Gasteiger charge is -2.36. The van der Waals surface area contributed by atoms with Gasteiger partial charge in [-0.1, -0.05) is 26.2 Å². The van der Waals surface area contributed by atoms with E-state index in [1.807, 2.05) is 20.8 Å². The zero-order valence-corrected chi connectivity index (χ0v) is 14.0. The molecule has 0 aromatic rings. The van der Waals surface area contributed by atoms with Crippen molar-refractivity contribution in [1.29, 1.82) is 0 Å². The zero-order chi connectivity index (χ0) is 16.0. The van der Waals surface area contributed by atoms with Gasteiger partial charge in [-0.25, -0.2) is 9.59 Å². The van der Waals surface area contributed by atoms with Gasteiger partial charge >= 0.3 is 12.1 Å². The number of hydrogen-bond acceptors (Lipinski definition) is 4. The van der Waals surface area contributed by atoms with Crippen molar-refractivity contribution in [2.75, 3.05) is 7.11 Å². The van der Waals surface area contributed by atoms with E-state index in [9.17, 15) is 9.59 Å². The minimum Gasteiger partial charge on any atom is -0.467 e. The number of carbonyl (C=O) groups is 2. The number of rotatable bonds is 3. The first-order chi connectivity index (χ1) is 9.80. The molecule has 0 spiro atoms. The maximum Gasteiger partial charge on any atom is 0.411 e. The fourth-order valence-electron chi connectivity index (χ4n) is 2.83. The first-order valence-corrected chi connectivity index (χ1v) is 7.89. The van der Waals surface area contributed by atoms with Crippen LogP contribution in [0.15, 0.2) is 0 Å². The molecule has 1 aliphatic heterocycles. The molecule has 0 radical (unpaired) electrons. The predicted molar refractivity (Wildman–Crippen MR) is 81.0 cm³/mol. The molecule has 1 heterocycles. The van der Waals surface area contributed by atoms with E-state index in [2.05, 4.69) is 6.92 Å². The van der Waals surface area contributed by atoms with Crippen LogP contribution in [0.3, 0.4) is 0 Å². The monoisotopic (exact) mass is 299 g/mol. The van der Waals surface area contributed by atoms with Gasteiger partial charge in [-0.05, 0) is 40.0 Å². The number of nitrogens with zero attached hydrogens (tertiary/aromatic N) is 1. The quantitative estimate of drug-likeness (QED) is 0.748. The molecule has 1 amide bonds. The average molecular weight is 299 g/mol. The summed E-state index contributed by atoms with van der Waals surface area (Å²) in [4.78, 5) is 26.3. The molecule has 0 N–H and O–H groups in total. The Morgan fingerprint density at radius 1 is 1.19 bits per heavy atom. The van der Waals surface area contributed by atoms with Crippen molar-refractivity contribution >= 4 is 12.1 Å². The summed E-state index contributed by atoms with van der Waals surface area (Å²) in [6, 6.07) is -0.472. The Labute approximate surface area is 128 Å². The number of amides is 1. The summed E-state index contributed by atoms with van der Waals surface area (Å²) >= 11 is 0. The van der Waals surface area contributed by atoms with E-state index in [-0.39, 0.29) is 12.0 Å². The Hall–Kier alpha value is -1.26. The molecule has 5 heteroatoms. The van der Waals surface area contributed by atoms with E-state index in [0.717, 1.165) is 32.1 Å². The van der Waals surface area contributed by atoms with Gasteiger partial charge in [0, 0.05) is 6.04 Å². The van der Waals surface area contributed by atoms with Crippen LogP contribution in [0.5, 0.6) is 0 Å². The van der Waals surface area contributed by atoms with E-state index in [0.29, 0.717) is 6.42 Å². The summed E-state index contributed by atoms with van der Waals surface area (Å²) in [7, 11) is 1.37. The van der Waals surface area contributed by atoms with Crippen LogP contribution in [0.25, 0.3) is 0 Å². The maximum absolute atomic E-state index is 12.6. The molecule has 122 valence electrons. The van der Waals surface area contributed by atoms with Crippen molar-refractivity contribution in [3.05, 3.63) is 0 Å². The Morgan fingerprint density at radius 3 is 2.33 bits per heavy atom. The van der Waals surface area contributed by atoms with E-state index in [1.54, 1.807) is 4.90 Å². The Morgan fingerprint density at radius 2 is 1.81 bits per heavy atom. The largest absolute Gasteiger partial charge is 0.467 e. The minimum absolute atomic E-state index is 0.0523. The Kier molecular flexibility index (Phi) is 6.49. The van der Waals surface area contributed by atoms with Gasteiger partial charge in [0.2, 0.25) is 0 Å². The second-order valence-corrected chi connectivity index (χ2v) is 6.65. The lowest BCUT2D eigenvalue weighted by atomic mass is 10.1. The summed E-state index contributed by atoms with van der Waals surface area (Å²) in [6.07, 6.45) is 4.96. The molecule has 1 rings (SSSR count). The fourth-order valence-corrected chi connectivity index (χ4v) is 2.83. The van der Waals surface area contributed by atoms with Crippen LogP contribution in [0, 0.1) is 0 Å². The molecule has 1 aliphatic rings. The maximum atomic E-state index is 12.6. The SMILES string of the molecule is CCC[C@@H]1CCCC[C@H](C(=O)OC)N1C(=O)OC(C)(C)C. The summed E-state index contributed by atoms with van der Waals surface area (Å²) in [5.41, 5.74) is -0.569. The summed E-state index contributed by atoms with van der Waals surface area (Å²) in [6.45, 7) is 7.60. The highest BCUT2D eigenvalue weighted by molar-refractivity contribution is 5.81. The molecular formula is C16H29NO4. The molecule has 0 saturated carbocycles. The van der Waals surface area contributed by atoms with E-state index < -0.39 is 17.7 Å². The average Bonchev–Trinajstić information content (AvgIpc) is 2.58. The van der Waals surface area contributed by atoms with Gasteiger partial charge in [0.05, 0.1) is 7.11 Å². The number of esters is 1. The van der Waals surface area contributed by atoms with Gasteiger partial charge < -0.3 is 9.47 Å². The van der Waals surface area contributed by atoms with Gasteiger partial charge in [-0.2, -0.15) is 0 Å². The van der Waals surface area contributed by atoms with Crippen molar-refractivity contribution in [2.45, 2.75) is 83.9 Å². The number of carbonyl (C=O) groups excluding carboxylic acids is 2. The second-order valence-electron chi connectivity index (χ2n) is 6.65. The van der Waals surface area contributed by atoms with E-state index >= 15 is 0 Å². The highest BCUT2D eigenvalue weighted by Gasteiger charge is 2.39. The third kappa shape index (κ3) is 5.21. The number of likely N-dealkylation sites (tertiary alicyclic amines) is 1. The molecule has 0 bridgehead atoms. The zero-order valence-electron chi connectivity index (χ0n) is 14.0. The second kappa shape index (κ2) is 7.66. The van der Waals surface area contributed by atoms with Gasteiger partial charge in [-0.3, -0.25) is 4.90 Å². The van der Waals surface area contributed by atoms with Crippen molar-refractivity contribution in [3.63, 3.8) is 0 Å². The van der Waals surface area contributed by atoms with Crippen LogP contribution in [0.4, 0.5) is 4.79 Å². The summed E-state index contributed by atoms with van der Waals surface area (Å²) < 4.78 is 10.4. The van der Waals surface area contributed by atoms with Crippen LogP contribution in [-0.4, -0.2) is 41.8 Å². The molecule has 0 aromatic carbocycles. The molecule has 1 saturated heterocycles. The third-order valence-electron chi connectivity index (χ3n) is 3.69.